The number of hydrogen-bond donors (Lipinski definition) is 1. The molecule has 7 heteroatoms. The van der Waals surface area contributed by atoms with E-state index in [4.69, 9.17) is 0 Å². The van der Waals surface area contributed by atoms with Crippen LogP contribution in [0.1, 0.15) is 68.9 Å². The first kappa shape index (κ1) is 21.1. The molecule has 0 spiro atoms. The summed E-state index contributed by atoms with van der Waals surface area (Å²) < 4.78 is 0. The van der Waals surface area contributed by atoms with Crippen LogP contribution in [0.5, 0.6) is 0 Å². The third kappa shape index (κ3) is 4.96. The summed E-state index contributed by atoms with van der Waals surface area (Å²) in [5.41, 5.74) is 1.25. The van der Waals surface area contributed by atoms with Gasteiger partial charge in [-0.05, 0) is 33.1 Å². The highest BCUT2D eigenvalue weighted by atomic mass is 16.2. The Morgan fingerprint density at radius 3 is 2.52 bits per heavy atom. The van der Waals surface area contributed by atoms with E-state index in [9.17, 15) is 9.59 Å². The van der Waals surface area contributed by atoms with Crippen molar-refractivity contribution in [2.24, 2.45) is 5.92 Å². The van der Waals surface area contributed by atoms with Gasteiger partial charge in [0.2, 0.25) is 11.9 Å². The molecule has 1 saturated heterocycles. The van der Waals surface area contributed by atoms with Crippen LogP contribution in [0.25, 0.3) is 0 Å². The van der Waals surface area contributed by atoms with E-state index in [1.807, 2.05) is 37.7 Å². The maximum atomic E-state index is 12.7. The van der Waals surface area contributed by atoms with E-state index in [0.29, 0.717) is 24.6 Å². The number of carbonyl (C=O) groups excluding carboxylic acids is 2. The van der Waals surface area contributed by atoms with Gasteiger partial charge in [0, 0.05) is 51.3 Å². The Morgan fingerprint density at radius 1 is 1.30 bits per heavy atom. The van der Waals surface area contributed by atoms with Crippen molar-refractivity contribution < 1.29 is 9.59 Å². The van der Waals surface area contributed by atoms with Gasteiger partial charge in [0.25, 0.3) is 5.91 Å². The van der Waals surface area contributed by atoms with Crippen molar-refractivity contribution in [1.82, 2.24) is 20.2 Å². The van der Waals surface area contributed by atoms with Crippen molar-refractivity contribution in [3.8, 4) is 0 Å². The fourth-order valence-electron chi connectivity index (χ4n) is 3.51. The van der Waals surface area contributed by atoms with Crippen molar-refractivity contribution in [2.75, 3.05) is 32.1 Å². The minimum Gasteiger partial charge on any atom is -0.350 e. The summed E-state index contributed by atoms with van der Waals surface area (Å²) >= 11 is 0. The first-order valence-electron chi connectivity index (χ1n) is 9.92. The number of rotatable bonds is 7. The molecule has 1 aromatic heterocycles. The van der Waals surface area contributed by atoms with Crippen LogP contribution >= 0.6 is 0 Å². The van der Waals surface area contributed by atoms with Gasteiger partial charge in [0.05, 0.1) is 11.3 Å². The normalized spacial score (nSPS) is 16.9. The molecule has 1 atom stereocenters. The topological polar surface area (TPSA) is 78.4 Å². The van der Waals surface area contributed by atoms with Crippen LogP contribution in [0.15, 0.2) is 6.20 Å². The highest BCUT2D eigenvalue weighted by Gasteiger charge is 2.33. The summed E-state index contributed by atoms with van der Waals surface area (Å²) in [4.78, 5) is 38.1. The molecule has 1 aliphatic rings. The van der Waals surface area contributed by atoms with Gasteiger partial charge >= 0.3 is 0 Å². The van der Waals surface area contributed by atoms with Crippen LogP contribution in [0.4, 0.5) is 5.95 Å². The molecule has 0 radical (unpaired) electrons. The molecule has 0 aliphatic carbocycles. The van der Waals surface area contributed by atoms with Crippen molar-refractivity contribution in [2.45, 2.75) is 58.9 Å². The zero-order valence-corrected chi connectivity index (χ0v) is 17.5. The fraction of sp³-hybridized carbons (Fsp3) is 0.700. The standard InChI is InChI=1S/C20H33N5O2/c1-7-14(8-2)19(27)25-10-9-15(12-25)17-16(18(26)22-13(3)4)11-21-20(23-17)24(5)6/h11,13-15H,7-10,12H2,1-6H3,(H,22,26). The minimum atomic E-state index is -0.157. The lowest BCUT2D eigenvalue weighted by atomic mass is 9.99. The maximum absolute atomic E-state index is 12.7. The van der Waals surface area contributed by atoms with Crippen LogP contribution in [-0.4, -0.2) is 59.9 Å². The van der Waals surface area contributed by atoms with E-state index < -0.39 is 0 Å². The average molecular weight is 376 g/mol. The number of likely N-dealkylation sites (tertiary alicyclic amines) is 1. The summed E-state index contributed by atoms with van der Waals surface area (Å²) in [5, 5.41) is 2.93. The summed E-state index contributed by atoms with van der Waals surface area (Å²) in [7, 11) is 3.76. The molecule has 2 rings (SSSR count). The number of carbonyl (C=O) groups is 2. The van der Waals surface area contributed by atoms with E-state index >= 15 is 0 Å². The van der Waals surface area contributed by atoms with Gasteiger partial charge in [0.1, 0.15) is 0 Å². The van der Waals surface area contributed by atoms with E-state index in [0.717, 1.165) is 25.0 Å². The van der Waals surface area contributed by atoms with Crippen molar-refractivity contribution in [1.29, 1.82) is 0 Å². The lowest BCUT2D eigenvalue weighted by Gasteiger charge is -2.22. The third-order valence-corrected chi connectivity index (χ3v) is 5.09. The first-order chi connectivity index (χ1) is 12.8. The third-order valence-electron chi connectivity index (χ3n) is 5.09. The molecule has 2 amide bonds. The number of nitrogens with zero attached hydrogens (tertiary/aromatic N) is 4. The van der Waals surface area contributed by atoms with Gasteiger partial charge in [-0.2, -0.15) is 0 Å². The highest BCUT2D eigenvalue weighted by molar-refractivity contribution is 5.95. The zero-order valence-electron chi connectivity index (χ0n) is 17.5. The van der Waals surface area contributed by atoms with Crippen molar-refractivity contribution >= 4 is 17.8 Å². The monoisotopic (exact) mass is 375 g/mol. The SMILES string of the molecule is CCC(CC)C(=O)N1CCC(c2nc(N(C)C)ncc2C(=O)NC(C)C)C1. The number of hydrogen-bond acceptors (Lipinski definition) is 5. The van der Waals surface area contributed by atoms with Crippen LogP contribution < -0.4 is 10.2 Å². The molecule has 1 aliphatic heterocycles. The number of nitrogens with one attached hydrogen (secondary N) is 1. The Balaban J connectivity index is 2.29. The van der Waals surface area contributed by atoms with Crippen LogP contribution in [0.2, 0.25) is 0 Å². The molecule has 2 heterocycles. The van der Waals surface area contributed by atoms with E-state index in [-0.39, 0.29) is 29.7 Å². The molecular formula is C20H33N5O2. The smallest absolute Gasteiger partial charge is 0.254 e. The molecule has 1 unspecified atom stereocenters. The molecule has 27 heavy (non-hydrogen) atoms. The number of anilines is 1. The van der Waals surface area contributed by atoms with Gasteiger partial charge in [-0.15, -0.1) is 0 Å². The predicted molar refractivity (Wildman–Crippen MR) is 107 cm³/mol. The summed E-state index contributed by atoms with van der Waals surface area (Å²) in [6.07, 6.45) is 4.14. The lowest BCUT2D eigenvalue weighted by molar-refractivity contribution is -0.134. The van der Waals surface area contributed by atoms with Crippen LogP contribution in [0, 0.1) is 5.92 Å². The van der Waals surface area contributed by atoms with Gasteiger partial charge < -0.3 is 15.1 Å². The van der Waals surface area contributed by atoms with E-state index in [2.05, 4.69) is 29.1 Å². The quantitative estimate of drug-likeness (QED) is 0.792. The van der Waals surface area contributed by atoms with Gasteiger partial charge in [0.15, 0.2) is 0 Å². The van der Waals surface area contributed by atoms with E-state index in [1.54, 1.807) is 6.20 Å². The fourth-order valence-corrected chi connectivity index (χ4v) is 3.51. The minimum absolute atomic E-state index is 0.0374. The Labute approximate surface area is 162 Å². The molecule has 150 valence electrons. The van der Waals surface area contributed by atoms with E-state index in [1.165, 1.54) is 0 Å². The number of aromatic nitrogens is 2. The zero-order chi connectivity index (χ0) is 20.1. The largest absolute Gasteiger partial charge is 0.350 e. The molecule has 0 saturated carbocycles. The van der Waals surface area contributed by atoms with Crippen molar-refractivity contribution in [3.05, 3.63) is 17.5 Å². The van der Waals surface area contributed by atoms with Crippen molar-refractivity contribution in [3.63, 3.8) is 0 Å². The summed E-state index contributed by atoms with van der Waals surface area (Å²) in [5.74, 6) is 0.775. The summed E-state index contributed by atoms with van der Waals surface area (Å²) in [6.45, 7) is 9.30. The highest BCUT2D eigenvalue weighted by Crippen LogP contribution is 2.30. The lowest BCUT2D eigenvalue weighted by Crippen LogP contribution is -2.34. The molecule has 1 aromatic rings. The Bertz CT molecular complexity index is 670. The van der Waals surface area contributed by atoms with Crippen LogP contribution in [0.3, 0.4) is 0 Å². The van der Waals surface area contributed by atoms with Gasteiger partial charge in [-0.25, -0.2) is 9.97 Å². The second-order valence-corrected chi connectivity index (χ2v) is 7.77. The molecular weight excluding hydrogens is 342 g/mol. The van der Waals surface area contributed by atoms with Gasteiger partial charge in [-0.1, -0.05) is 13.8 Å². The predicted octanol–water partition coefficient (Wildman–Crippen LogP) is 2.43. The second kappa shape index (κ2) is 9.15. The first-order valence-corrected chi connectivity index (χ1v) is 9.92. The molecule has 0 aromatic carbocycles. The average Bonchev–Trinajstić information content (AvgIpc) is 3.11. The second-order valence-electron chi connectivity index (χ2n) is 7.77. The molecule has 1 N–H and O–H groups in total. The molecule has 7 nitrogen and oxygen atoms in total. The van der Waals surface area contributed by atoms with Crippen LogP contribution in [-0.2, 0) is 4.79 Å². The Kier molecular flexibility index (Phi) is 7.16. The number of amides is 2. The van der Waals surface area contributed by atoms with Gasteiger partial charge in [-0.3, -0.25) is 9.59 Å². The maximum Gasteiger partial charge on any atom is 0.254 e. The Morgan fingerprint density at radius 2 is 1.96 bits per heavy atom. The molecule has 1 fully saturated rings. The molecule has 0 bridgehead atoms. The Hall–Kier alpha value is -2.18. The summed E-state index contributed by atoms with van der Waals surface area (Å²) in [6, 6.07) is 0.0374.